The lowest BCUT2D eigenvalue weighted by molar-refractivity contribution is -0.128. The van der Waals surface area contributed by atoms with E-state index in [1.165, 1.54) is 103 Å². The molecule has 0 spiro atoms. The molecule has 238 valence electrons. The van der Waals surface area contributed by atoms with Crippen LogP contribution < -0.4 is 0 Å². The average molecular weight is 603 g/mol. The summed E-state index contributed by atoms with van der Waals surface area (Å²) in [7, 11) is -5.15. The van der Waals surface area contributed by atoms with E-state index in [1.807, 2.05) is 13.8 Å². The summed E-state index contributed by atoms with van der Waals surface area (Å²) >= 11 is 0. The first-order valence-electron chi connectivity index (χ1n) is 17.2. The van der Waals surface area contributed by atoms with Crippen LogP contribution in [0.15, 0.2) is 0 Å². The van der Waals surface area contributed by atoms with Gasteiger partial charge in [-0.05, 0) is 75.5 Å². The summed E-state index contributed by atoms with van der Waals surface area (Å²) < 4.78 is 33.3. The third kappa shape index (κ3) is 10.9. The fraction of sp³-hybridized carbons (Fsp3) is 0.971. The molecule has 0 N–H and O–H groups in total. The van der Waals surface area contributed by atoms with Crippen LogP contribution in [0.5, 0.6) is 0 Å². The number of ketones is 1. The van der Waals surface area contributed by atoms with Crippen molar-refractivity contribution in [2.75, 3.05) is 24.6 Å². The smallest absolute Gasteiger partial charge is 0.156 e. The van der Waals surface area contributed by atoms with E-state index in [4.69, 9.17) is 0 Å². The molecular formula is C34H67O4PS. The maximum absolute atomic E-state index is 12.0. The highest BCUT2D eigenvalue weighted by atomic mass is 32.2. The van der Waals surface area contributed by atoms with Crippen molar-refractivity contribution in [1.82, 2.24) is 0 Å². The molecule has 0 aromatic carbocycles. The molecule has 2 fully saturated rings. The van der Waals surface area contributed by atoms with Crippen LogP contribution in [0.3, 0.4) is 0 Å². The number of Topliss-reactive ketones (excluding diaryl/α,β-unsaturated/α-hetero) is 1. The van der Waals surface area contributed by atoms with Crippen LogP contribution in [-0.4, -0.2) is 48.7 Å². The van der Waals surface area contributed by atoms with E-state index < -0.39 is 28.0 Å². The Kier molecular flexibility index (Phi) is 17.7. The minimum Gasteiger partial charge on any atom is -0.747 e. The van der Waals surface area contributed by atoms with Crippen LogP contribution in [-0.2, 0) is 14.9 Å². The van der Waals surface area contributed by atoms with Gasteiger partial charge in [0.2, 0.25) is 0 Å². The SMILES string of the molecule is CC12CCC(C(S(=O)(=O)[O-])C1=O)C2(C)C.CCCCCC[P+](CCCCCC)(CCCCCC)CCCCCC. The van der Waals surface area contributed by atoms with Crippen molar-refractivity contribution < 1.29 is 17.8 Å². The Bertz CT molecular complexity index is 755. The molecule has 2 aliphatic carbocycles. The summed E-state index contributed by atoms with van der Waals surface area (Å²) in [4.78, 5) is 12.0. The van der Waals surface area contributed by atoms with Crippen LogP contribution in [0.1, 0.15) is 164 Å². The zero-order valence-electron chi connectivity index (χ0n) is 27.7. The second-order valence-electron chi connectivity index (χ2n) is 14.0. The van der Waals surface area contributed by atoms with Crippen molar-refractivity contribution in [2.24, 2.45) is 16.7 Å². The Hall–Kier alpha value is 0.01000. The van der Waals surface area contributed by atoms with E-state index in [0.717, 1.165) is 0 Å². The van der Waals surface area contributed by atoms with Crippen LogP contribution in [0, 0.1) is 16.7 Å². The van der Waals surface area contributed by atoms with Crippen molar-refractivity contribution in [3.05, 3.63) is 0 Å². The summed E-state index contributed by atoms with van der Waals surface area (Å²) in [5.41, 5.74) is -0.994. The lowest BCUT2D eigenvalue weighted by Gasteiger charge is -2.32. The first-order valence-corrected chi connectivity index (χ1v) is 21.2. The molecule has 0 radical (unpaired) electrons. The molecule has 4 nitrogen and oxygen atoms in total. The van der Waals surface area contributed by atoms with E-state index in [-0.39, 0.29) is 17.1 Å². The minimum absolute atomic E-state index is 0.294. The normalized spacial score (nSPS) is 23.9. The first-order chi connectivity index (χ1) is 18.9. The van der Waals surface area contributed by atoms with Gasteiger partial charge in [0, 0.05) is 12.7 Å². The van der Waals surface area contributed by atoms with Gasteiger partial charge in [0.1, 0.15) is 15.4 Å². The average Bonchev–Trinajstić information content (AvgIpc) is 3.22. The molecule has 2 rings (SSSR count). The molecule has 2 saturated carbocycles. The number of rotatable bonds is 21. The lowest BCUT2D eigenvalue weighted by Crippen LogP contribution is -2.38. The van der Waals surface area contributed by atoms with Crippen molar-refractivity contribution in [3.63, 3.8) is 0 Å². The van der Waals surface area contributed by atoms with Gasteiger partial charge in [0.15, 0.2) is 5.78 Å². The Labute approximate surface area is 251 Å². The molecule has 0 saturated heterocycles. The molecule has 2 aliphatic rings. The first kappa shape index (κ1) is 38.0. The van der Waals surface area contributed by atoms with Gasteiger partial charge >= 0.3 is 0 Å². The van der Waals surface area contributed by atoms with Crippen molar-refractivity contribution in [2.45, 2.75) is 169 Å². The number of hydrogen-bond acceptors (Lipinski definition) is 4. The van der Waals surface area contributed by atoms with E-state index in [0.29, 0.717) is 12.8 Å². The van der Waals surface area contributed by atoms with Gasteiger partial charge in [-0.2, -0.15) is 0 Å². The van der Waals surface area contributed by atoms with Gasteiger partial charge in [-0.15, -0.1) is 0 Å². The molecule has 40 heavy (non-hydrogen) atoms. The maximum atomic E-state index is 12.0. The van der Waals surface area contributed by atoms with Gasteiger partial charge in [-0.25, -0.2) is 8.42 Å². The second kappa shape index (κ2) is 18.6. The second-order valence-corrected chi connectivity index (χ2v) is 19.9. The lowest BCUT2D eigenvalue weighted by atomic mass is 9.70. The molecule has 6 heteroatoms. The number of carbonyl (C=O) groups excluding carboxylic acids is 1. The molecule has 2 bridgehead atoms. The van der Waals surface area contributed by atoms with Crippen LogP contribution in [0.4, 0.5) is 0 Å². The van der Waals surface area contributed by atoms with Crippen LogP contribution >= 0.6 is 7.26 Å². The van der Waals surface area contributed by atoms with E-state index in [9.17, 15) is 17.8 Å². The van der Waals surface area contributed by atoms with Gasteiger partial charge in [-0.3, -0.25) is 4.79 Å². The summed E-state index contributed by atoms with van der Waals surface area (Å²) in [6.45, 7) is 15.0. The zero-order valence-corrected chi connectivity index (χ0v) is 29.4. The van der Waals surface area contributed by atoms with Crippen molar-refractivity contribution in [3.8, 4) is 0 Å². The van der Waals surface area contributed by atoms with Gasteiger partial charge < -0.3 is 4.55 Å². The van der Waals surface area contributed by atoms with Gasteiger partial charge in [0.25, 0.3) is 0 Å². The van der Waals surface area contributed by atoms with E-state index in [1.54, 1.807) is 31.6 Å². The Morgan fingerprint density at radius 2 is 1.02 bits per heavy atom. The molecule has 0 aliphatic heterocycles. The highest BCUT2D eigenvalue weighted by molar-refractivity contribution is 7.87. The highest BCUT2D eigenvalue weighted by Gasteiger charge is 2.67. The van der Waals surface area contributed by atoms with Gasteiger partial charge in [0.05, 0.1) is 24.6 Å². The summed E-state index contributed by atoms with van der Waals surface area (Å²) in [5.74, 6) is -0.656. The topological polar surface area (TPSA) is 74.3 Å². The van der Waals surface area contributed by atoms with E-state index >= 15 is 0 Å². The third-order valence-corrected chi connectivity index (χ3v) is 17.0. The molecular weight excluding hydrogens is 535 g/mol. The molecule has 0 aromatic heterocycles. The zero-order chi connectivity index (χ0) is 30.3. The number of fused-ring (bicyclic) bond motifs is 2. The standard InChI is InChI=1S/C24H52P.C10H16O4S/c1-5-9-13-17-21-25(22-18-14-10-6-2,23-19-15-11-7-3)24-20-16-12-8-4;1-9(2)6-4-5-10(9,3)8(11)7(6)15(12,13)14/h5-24H2,1-4H3;6-7H,4-5H2,1-3H3,(H,12,13,14)/q+1;/p-1. The highest BCUT2D eigenvalue weighted by Crippen LogP contribution is 2.65. The molecule has 0 amide bonds. The van der Waals surface area contributed by atoms with Crippen LogP contribution in [0.2, 0.25) is 0 Å². The van der Waals surface area contributed by atoms with E-state index in [2.05, 4.69) is 27.7 Å². The Morgan fingerprint density at radius 1 is 0.675 bits per heavy atom. The number of carbonyl (C=O) groups is 1. The summed E-state index contributed by atoms with van der Waals surface area (Å²) in [6, 6.07) is 0. The number of unbranched alkanes of at least 4 members (excludes halogenated alkanes) is 12. The third-order valence-electron chi connectivity index (χ3n) is 10.7. The molecule has 0 aromatic rings. The van der Waals surface area contributed by atoms with Crippen molar-refractivity contribution in [1.29, 1.82) is 0 Å². The molecule has 3 atom stereocenters. The Balaban J connectivity index is 0.000000448. The quantitative estimate of drug-likeness (QED) is 0.0744. The van der Waals surface area contributed by atoms with Crippen LogP contribution in [0.25, 0.3) is 0 Å². The Morgan fingerprint density at radius 3 is 1.25 bits per heavy atom. The predicted molar refractivity (Wildman–Crippen MR) is 176 cm³/mol. The van der Waals surface area contributed by atoms with Gasteiger partial charge in [-0.1, -0.05) is 99.8 Å². The molecule has 3 unspecified atom stereocenters. The largest absolute Gasteiger partial charge is 0.747 e. The monoisotopic (exact) mass is 602 g/mol. The summed E-state index contributed by atoms with van der Waals surface area (Å²) in [5, 5.41) is -1.30. The summed E-state index contributed by atoms with van der Waals surface area (Å²) in [6.07, 6.45) is 31.4. The molecule has 0 heterocycles. The fourth-order valence-corrected chi connectivity index (χ4v) is 13.8. The van der Waals surface area contributed by atoms with Crippen molar-refractivity contribution >= 4 is 23.2 Å². The fourth-order valence-electron chi connectivity index (χ4n) is 7.50. The predicted octanol–water partition coefficient (Wildman–Crippen LogP) is 10.3. The maximum Gasteiger partial charge on any atom is 0.156 e. The number of hydrogen-bond donors (Lipinski definition) is 0. The minimum atomic E-state index is -4.49.